The third kappa shape index (κ3) is 7.62. The maximum absolute atomic E-state index is 14.5. The van der Waals surface area contributed by atoms with Crippen LogP contribution in [0.25, 0.3) is 16.7 Å². The minimum absolute atomic E-state index is 0.00746. The van der Waals surface area contributed by atoms with Crippen molar-refractivity contribution in [2.75, 3.05) is 26.4 Å². The highest BCUT2D eigenvalue weighted by Gasteiger charge is 2.12. The number of hydrogen-bond acceptors (Lipinski definition) is 6. The highest BCUT2D eigenvalue weighted by Crippen LogP contribution is 2.34. The second-order valence-electron chi connectivity index (χ2n) is 7.67. The quantitative estimate of drug-likeness (QED) is 0.232. The number of carbonyl (C=O) groups is 2. The maximum atomic E-state index is 14.5. The molecule has 0 radical (unpaired) electrons. The van der Waals surface area contributed by atoms with Crippen LogP contribution < -0.4 is 9.47 Å². The van der Waals surface area contributed by atoms with E-state index in [1.54, 1.807) is 51.1 Å². The lowest BCUT2D eigenvalue weighted by Gasteiger charge is -2.15. The Bertz CT molecular complexity index is 1100. The van der Waals surface area contributed by atoms with Gasteiger partial charge in [-0.2, -0.15) is 0 Å². The highest BCUT2D eigenvalue weighted by atomic mass is 19.1. The van der Waals surface area contributed by atoms with Gasteiger partial charge in [-0.25, -0.2) is 14.0 Å². The lowest BCUT2D eigenvalue weighted by molar-refractivity contribution is -0.140. The number of rotatable bonds is 12. The van der Waals surface area contributed by atoms with Gasteiger partial charge in [0.15, 0.2) is 11.5 Å². The van der Waals surface area contributed by atoms with Crippen molar-refractivity contribution in [3.63, 3.8) is 0 Å². The summed E-state index contributed by atoms with van der Waals surface area (Å²) in [7, 11) is 0. The highest BCUT2D eigenvalue weighted by molar-refractivity contribution is 5.87. The Hall–Kier alpha value is -3.87. The lowest BCUT2D eigenvalue weighted by atomic mass is 10.0. The fourth-order valence-electron chi connectivity index (χ4n) is 2.78. The molecule has 0 aromatic heterocycles. The molecule has 0 N–H and O–H groups in total. The molecule has 0 aliphatic rings. The van der Waals surface area contributed by atoms with Gasteiger partial charge in [0.2, 0.25) is 0 Å². The van der Waals surface area contributed by atoms with E-state index in [0.717, 1.165) is 0 Å². The Morgan fingerprint density at radius 1 is 0.735 bits per heavy atom. The summed E-state index contributed by atoms with van der Waals surface area (Å²) in [4.78, 5) is 23.1. The molecule has 34 heavy (non-hydrogen) atoms. The van der Waals surface area contributed by atoms with Crippen LogP contribution in [0.4, 0.5) is 4.39 Å². The van der Waals surface area contributed by atoms with Gasteiger partial charge in [-0.1, -0.05) is 37.9 Å². The number of allylic oxidation sites excluding steroid dienone is 1. The molecule has 7 heteroatoms. The second kappa shape index (κ2) is 12.4. The lowest BCUT2D eigenvalue weighted by Crippen LogP contribution is -2.14. The van der Waals surface area contributed by atoms with Gasteiger partial charge < -0.3 is 18.9 Å². The Labute approximate surface area is 199 Å². The molecule has 0 saturated heterocycles. The number of esters is 2. The van der Waals surface area contributed by atoms with Crippen molar-refractivity contribution in [2.24, 2.45) is 0 Å². The number of carbonyl (C=O) groups excluding carboxylic acids is 2. The minimum Gasteiger partial charge on any atom is -0.486 e. The largest absolute Gasteiger partial charge is 0.486 e. The molecule has 2 rings (SSSR count). The predicted octanol–water partition coefficient (Wildman–Crippen LogP) is 5.52. The van der Waals surface area contributed by atoms with Crippen molar-refractivity contribution in [1.29, 1.82) is 0 Å². The average molecular weight is 469 g/mol. The van der Waals surface area contributed by atoms with Crippen LogP contribution in [-0.2, 0) is 19.1 Å². The predicted molar refractivity (Wildman–Crippen MR) is 129 cm³/mol. The molecule has 0 fully saturated rings. The molecule has 0 spiro atoms. The van der Waals surface area contributed by atoms with Gasteiger partial charge in [-0.3, -0.25) is 0 Å². The first-order valence-electron chi connectivity index (χ1n) is 10.6. The normalized spacial score (nSPS) is 10.2. The van der Waals surface area contributed by atoms with E-state index in [1.165, 1.54) is 6.07 Å². The molecule has 0 saturated carbocycles. The molecule has 6 nitrogen and oxygen atoms in total. The second-order valence-corrected chi connectivity index (χ2v) is 7.67. The summed E-state index contributed by atoms with van der Waals surface area (Å²) in [6, 6.07) is 10.0. The summed E-state index contributed by atoms with van der Waals surface area (Å²) in [6.45, 7) is 15.9. The Morgan fingerprint density at radius 3 is 1.74 bits per heavy atom. The number of ether oxygens (including phenoxy) is 4. The minimum atomic E-state index is -0.513. The van der Waals surface area contributed by atoms with Crippen molar-refractivity contribution >= 4 is 17.5 Å². The van der Waals surface area contributed by atoms with Gasteiger partial charge in [0.1, 0.15) is 32.2 Å². The Balaban J connectivity index is 2.18. The fourth-order valence-corrected chi connectivity index (χ4v) is 2.78. The summed E-state index contributed by atoms with van der Waals surface area (Å²) in [5.74, 6) is -0.644. The smallest absolute Gasteiger partial charge is 0.333 e. The number of benzene rings is 2. The zero-order chi connectivity index (χ0) is 25.3. The van der Waals surface area contributed by atoms with E-state index in [1.807, 2.05) is 0 Å². The fraction of sp³-hybridized carbons (Fsp3) is 0.259. The summed E-state index contributed by atoms with van der Waals surface area (Å²) < 4.78 is 36.0. The van der Waals surface area contributed by atoms with E-state index in [2.05, 4.69) is 19.7 Å². The molecule has 0 atom stereocenters. The van der Waals surface area contributed by atoms with Crippen LogP contribution in [0.15, 0.2) is 67.3 Å². The summed E-state index contributed by atoms with van der Waals surface area (Å²) >= 11 is 0. The van der Waals surface area contributed by atoms with E-state index in [0.29, 0.717) is 39.3 Å². The molecule has 0 bridgehead atoms. The SMILES string of the molecule is C=C(C)C(=O)OCCOc1ccc(-c2ccc(C(=C)C)c(F)c2)cc1OCCOC(=O)C(=C)C. The first-order chi connectivity index (χ1) is 16.1. The standard InChI is InChI=1S/C27H29FO6/c1-17(2)22-9-7-20(15-23(22)28)21-8-10-24(31-11-13-33-26(29)18(3)4)25(16-21)32-12-14-34-27(30)19(5)6/h7-10,15-16H,1,3,5,11-14H2,2,4,6H3. The third-order valence-corrected chi connectivity index (χ3v) is 4.55. The molecule has 0 unspecified atom stereocenters. The molecule has 2 aromatic rings. The van der Waals surface area contributed by atoms with Crippen molar-refractivity contribution < 1.29 is 32.9 Å². The van der Waals surface area contributed by atoms with Crippen LogP contribution in [0.1, 0.15) is 26.3 Å². The van der Waals surface area contributed by atoms with Crippen LogP contribution in [0.2, 0.25) is 0 Å². The van der Waals surface area contributed by atoms with Gasteiger partial charge >= 0.3 is 11.9 Å². The molecule has 180 valence electrons. The van der Waals surface area contributed by atoms with E-state index in [9.17, 15) is 14.0 Å². The van der Waals surface area contributed by atoms with Crippen LogP contribution in [0.3, 0.4) is 0 Å². The zero-order valence-electron chi connectivity index (χ0n) is 19.7. The van der Waals surface area contributed by atoms with E-state index >= 15 is 0 Å². The topological polar surface area (TPSA) is 71.1 Å². The molecular weight excluding hydrogens is 439 g/mol. The van der Waals surface area contributed by atoms with Crippen LogP contribution in [0, 0.1) is 5.82 Å². The molecule has 0 aliphatic heterocycles. The monoisotopic (exact) mass is 468 g/mol. The van der Waals surface area contributed by atoms with E-state index in [4.69, 9.17) is 18.9 Å². The van der Waals surface area contributed by atoms with Gasteiger partial charge in [-0.05, 0) is 55.7 Å². The van der Waals surface area contributed by atoms with Gasteiger partial charge in [0, 0.05) is 16.7 Å². The number of halogens is 1. The van der Waals surface area contributed by atoms with Crippen molar-refractivity contribution in [3.8, 4) is 22.6 Å². The third-order valence-electron chi connectivity index (χ3n) is 4.55. The van der Waals surface area contributed by atoms with Gasteiger partial charge in [0.25, 0.3) is 0 Å². The molecule has 0 amide bonds. The first-order valence-corrected chi connectivity index (χ1v) is 10.6. The van der Waals surface area contributed by atoms with Gasteiger partial charge in [0.05, 0.1) is 0 Å². The average Bonchev–Trinajstić information content (AvgIpc) is 2.79. The molecule has 2 aromatic carbocycles. The molecule has 0 aliphatic carbocycles. The number of hydrogen-bond donors (Lipinski definition) is 0. The van der Waals surface area contributed by atoms with E-state index < -0.39 is 11.9 Å². The summed E-state index contributed by atoms with van der Waals surface area (Å²) in [5, 5.41) is 0. The first kappa shape index (κ1) is 26.4. The molecular formula is C27H29FO6. The van der Waals surface area contributed by atoms with Crippen molar-refractivity contribution in [2.45, 2.75) is 20.8 Å². The van der Waals surface area contributed by atoms with Crippen LogP contribution in [0.5, 0.6) is 11.5 Å². The Kier molecular flexibility index (Phi) is 9.62. The zero-order valence-corrected chi connectivity index (χ0v) is 19.7. The van der Waals surface area contributed by atoms with Crippen molar-refractivity contribution in [1.82, 2.24) is 0 Å². The van der Waals surface area contributed by atoms with Crippen LogP contribution >= 0.6 is 0 Å². The molecule has 0 heterocycles. The summed E-state index contributed by atoms with van der Waals surface area (Å²) in [5.41, 5.74) is 3.00. The van der Waals surface area contributed by atoms with Gasteiger partial charge in [-0.15, -0.1) is 0 Å². The maximum Gasteiger partial charge on any atom is 0.333 e. The van der Waals surface area contributed by atoms with Crippen molar-refractivity contribution in [3.05, 3.63) is 78.7 Å². The van der Waals surface area contributed by atoms with Crippen LogP contribution in [-0.4, -0.2) is 38.4 Å². The Morgan fingerprint density at radius 2 is 1.24 bits per heavy atom. The summed E-state index contributed by atoms with van der Waals surface area (Å²) in [6.07, 6.45) is 0. The van der Waals surface area contributed by atoms with E-state index in [-0.39, 0.29) is 37.8 Å².